The molecule has 1 aromatic heterocycles. The van der Waals surface area contributed by atoms with Gasteiger partial charge in [0.1, 0.15) is 5.82 Å². The maximum atomic E-state index is 12.3. The van der Waals surface area contributed by atoms with Crippen LogP contribution >= 0.6 is 0 Å². The number of anilines is 4. The van der Waals surface area contributed by atoms with Crippen LogP contribution in [0.2, 0.25) is 0 Å². The average Bonchev–Trinajstić information content (AvgIpc) is 3.58. The Morgan fingerprint density at radius 1 is 1.16 bits per heavy atom. The summed E-state index contributed by atoms with van der Waals surface area (Å²) in [5.74, 6) is 1.05. The molecule has 2 N–H and O–H groups in total. The SMILES string of the molecule is Cc1cc(Nc2ncc(CC3CCNC3=O)c(N(C=O)C3CCCC3)n2)ccc1N1CCN(C(C)C)CC1. The van der Waals surface area contributed by atoms with Crippen molar-refractivity contribution in [2.45, 2.75) is 71.4 Å². The maximum Gasteiger partial charge on any atom is 0.229 e. The van der Waals surface area contributed by atoms with Gasteiger partial charge in [-0.1, -0.05) is 12.8 Å². The molecule has 9 nitrogen and oxygen atoms in total. The quantitative estimate of drug-likeness (QED) is 0.489. The van der Waals surface area contributed by atoms with Crippen molar-refractivity contribution >= 4 is 35.5 Å². The minimum atomic E-state index is -0.106. The van der Waals surface area contributed by atoms with E-state index >= 15 is 0 Å². The lowest BCUT2D eigenvalue weighted by atomic mass is 9.99. The van der Waals surface area contributed by atoms with Gasteiger partial charge in [0.25, 0.3) is 0 Å². The van der Waals surface area contributed by atoms with Crippen molar-refractivity contribution in [2.24, 2.45) is 5.92 Å². The van der Waals surface area contributed by atoms with Crippen LogP contribution in [-0.2, 0) is 16.0 Å². The van der Waals surface area contributed by atoms with Gasteiger partial charge in [-0.3, -0.25) is 19.4 Å². The molecule has 2 amide bonds. The Hall–Kier alpha value is -3.20. The highest BCUT2D eigenvalue weighted by Gasteiger charge is 2.30. The molecule has 3 aliphatic rings. The summed E-state index contributed by atoms with van der Waals surface area (Å²) < 4.78 is 0. The predicted molar refractivity (Wildman–Crippen MR) is 151 cm³/mol. The number of carbonyl (C=O) groups excluding carboxylic acids is 2. The zero-order valence-corrected chi connectivity index (χ0v) is 22.9. The Kier molecular flexibility index (Phi) is 8.12. The molecule has 5 rings (SSSR count). The van der Waals surface area contributed by atoms with Crippen LogP contribution in [0.4, 0.5) is 23.1 Å². The predicted octanol–water partition coefficient (Wildman–Crippen LogP) is 3.64. The zero-order valence-electron chi connectivity index (χ0n) is 22.9. The molecule has 1 unspecified atom stereocenters. The molecule has 1 aromatic carbocycles. The average molecular weight is 520 g/mol. The lowest BCUT2D eigenvalue weighted by Crippen LogP contribution is -2.49. The number of aryl methyl sites for hydroxylation is 1. The minimum Gasteiger partial charge on any atom is -0.369 e. The van der Waals surface area contributed by atoms with Gasteiger partial charge in [-0.2, -0.15) is 4.98 Å². The number of nitrogens with zero attached hydrogens (tertiary/aromatic N) is 5. The van der Waals surface area contributed by atoms with E-state index < -0.39 is 0 Å². The number of amides is 2. The van der Waals surface area contributed by atoms with Gasteiger partial charge in [0.15, 0.2) is 0 Å². The Balaban J connectivity index is 1.35. The summed E-state index contributed by atoms with van der Waals surface area (Å²) >= 11 is 0. The fourth-order valence-corrected chi connectivity index (χ4v) is 6.12. The number of nitrogens with one attached hydrogen (secondary N) is 2. The normalized spacial score (nSPS) is 20.7. The molecule has 9 heteroatoms. The molecule has 1 aliphatic carbocycles. The van der Waals surface area contributed by atoms with Crippen molar-refractivity contribution in [1.29, 1.82) is 0 Å². The van der Waals surface area contributed by atoms with Crippen LogP contribution in [0, 0.1) is 12.8 Å². The van der Waals surface area contributed by atoms with Crippen molar-refractivity contribution in [1.82, 2.24) is 20.2 Å². The van der Waals surface area contributed by atoms with E-state index in [-0.39, 0.29) is 17.9 Å². The molecule has 3 heterocycles. The van der Waals surface area contributed by atoms with E-state index in [1.54, 1.807) is 11.1 Å². The first-order valence-corrected chi connectivity index (χ1v) is 14.2. The topological polar surface area (TPSA) is 93.7 Å². The number of piperazine rings is 1. The largest absolute Gasteiger partial charge is 0.369 e. The van der Waals surface area contributed by atoms with E-state index in [0.717, 1.165) is 75.9 Å². The van der Waals surface area contributed by atoms with Crippen LogP contribution < -0.4 is 20.4 Å². The van der Waals surface area contributed by atoms with Crippen molar-refractivity contribution in [3.05, 3.63) is 35.5 Å². The van der Waals surface area contributed by atoms with Gasteiger partial charge in [-0.25, -0.2) is 4.98 Å². The van der Waals surface area contributed by atoms with Gasteiger partial charge in [0.05, 0.1) is 0 Å². The molecule has 2 saturated heterocycles. The first-order valence-electron chi connectivity index (χ1n) is 14.2. The van der Waals surface area contributed by atoms with Gasteiger partial charge < -0.3 is 15.5 Å². The second-order valence-electron chi connectivity index (χ2n) is 11.2. The fourth-order valence-electron chi connectivity index (χ4n) is 6.12. The highest BCUT2D eigenvalue weighted by Crippen LogP contribution is 2.32. The standard InChI is InChI=1S/C29H41N7O2/c1-20(2)34-12-14-35(15-13-34)26-9-8-24(16-21(26)3)32-29-31-18-23(17-22-10-11-30-28(22)38)27(33-29)36(19-37)25-6-4-5-7-25/h8-9,16,18-20,22,25H,4-7,10-15,17H2,1-3H3,(H,30,38)(H,31,32,33). The molecule has 2 aliphatic heterocycles. The van der Waals surface area contributed by atoms with Gasteiger partial charge in [0.2, 0.25) is 18.3 Å². The number of rotatable bonds is 9. The van der Waals surface area contributed by atoms with E-state index in [1.807, 2.05) is 0 Å². The fraction of sp³-hybridized carbons (Fsp3) is 0.586. The molecule has 0 bridgehead atoms. The lowest BCUT2D eigenvalue weighted by Gasteiger charge is -2.38. The molecule has 2 aromatic rings. The second kappa shape index (κ2) is 11.7. The first-order chi connectivity index (χ1) is 18.4. The van der Waals surface area contributed by atoms with E-state index in [0.29, 0.717) is 30.8 Å². The molecular formula is C29H41N7O2. The van der Waals surface area contributed by atoms with Crippen molar-refractivity contribution in [3.63, 3.8) is 0 Å². The number of hydrogen-bond acceptors (Lipinski definition) is 7. The van der Waals surface area contributed by atoms with Crippen LogP contribution in [0.25, 0.3) is 0 Å². The highest BCUT2D eigenvalue weighted by molar-refractivity contribution is 5.82. The molecule has 38 heavy (non-hydrogen) atoms. The van der Waals surface area contributed by atoms with Gasteiger partial charge in [0, 0.05) is 73.9 Å². The van der Waals surface area contributed by atoms with Crippen LogP contribution in [0.15, 0.2) is 24.4 Å². The number of carbonyl (C=O) groups is 2. The monoisotopic (exact) mass is 519 g/mol. The molecule has 1 saturated carbocycles. The van der Waals surface area contributed by atoms with Gasteiger partial charge >= 0.3 is 0 Å². The third-order valence-electron chi connectivity index (χ3n) is 8.39. The van der Waals surface area contributed by atoms with Crippen LogP contribution in [0.5, 0.6) is 0 Å². The Bertz CT molecular complexity index is 1140. The summed E-state index contributed by atoms with van der Waals surface area (Å²) in [6.07, 6.45) is 8.20. The van der Waals surface area contributed by atoms with Gasteiger partial charge in [-0.15, -0.1) is 0 Å². The third kappa shape index (κ3) is 5.77. The molecule has 0 radical (unpaired) electrons. The van der Waals surface area contributed by atoms with E-state index in [9.17, 15) is 9.59 Å². The smallest absolute Gasteiger partial charge is 0.229 e. The van der Waals surface area contributed by atoms with Gasteiger partial charge in [-0.05, 0) is 70.2 Å². The maximum absolute atomic E-state index is 12.3. The molecule has 204 valence electrons. The second-order valence-corrected chi connectivity index (χ2v) is 11.2. The third-order valence-corrected chi connectivity index (χ3v) is 8.39. The molecule has 3 fully saturated rings. The van der Waals surface area contributed by atoms with Crippen molar-refractivity contribution in [2.75, 3.05) is 47.8 Å². The number of hydrogen-bond donors (Lipinski definition) is 2. The number of aromatic nitrogens is 2. The van der Waals surface area contributed by atoms with Crippen LogP contribution in [0.1, 0.15) is 57.1 Å². The Morgan fingerprint density at radius 2 is 1.92 bits per heavy atom. The van der Waals surface area contributed by atoms with E-state index in [1.165, 1.54) is 11.3 Å². The van der Waals surface area contributed by atoms with Crippen LogP contribution in [0.3, 0.4) is 0 Å². The summed E-state index contributed by atoms with van der Waals surface area (Å²) in [7, 11) is 0. The minimum absolute atomic E-state index is 0.0675. The van der Waals surface area contributed by atoms with E-state index in [2.05, 4.69) is 64.4 Å². The zero-order chi connectivity index (χ0) is 26.6. The summed E-state index contributed by atoms with van der Waals surface area (Å²) in [6, 6.07) is 7.11. The molecule has 1 atom stereocenters. The molecule has 0 spiro atoms. The first kappa shape index (κ1) is 26.4. The Morgan fingerprint density at radius 3 is 2.55 bits per heavy atom. The number of benzene rings is 1. The van der Waals surface area contributed by atoms with E-state index in [4.69, 9.17) is 4.98 Å². The van der Waals surface area contributed by atoms with Crippen molar-refractivity contribution in [3.8, 4) is 0 Å². The highest BCUT2D eigenvalue weighted by atomic mass is 16.2. The summed E-state index contributed by atoms with van der Waals surface area (Å²) in [6.45, 7) is 11.6. The summed E-state index contributed by atoms with van der Waals surface area (Å²) in [5, 5.41) is 6.28. The van der Waals surface area contributed by atoms with Crippen molar-refractivity contribution < 1.29 is 9.59 Å². The lowest BCUT2D eigenvalue weighted by molar-refractivity contribution is -0.122. The van der Waals surface area contributed by atoms with Crippen LogP contribution in [-0.4, -0.2) is 72.0 Å². The Labute approximate surface area is 226 Å². The summed E-state index contributed by atoms with van der Waals surface area (Å²) in [5.41, 5.74) is 4.24. The molecular weight excluding hydrogens is 478 g/mol. The summed E-state index contributed by atoms with van der Waals surface area (Å²) in [4.78, 5) is 40.7.